The number of halogens is 2. The fourth-order valence-electron chi connectivity index (χ4n) is 1.01. The second-order valence-electron chi connectivity index (χ2n) is 3.13. The molecule has 0 amide bonds. The van der Waals surface area contributed by atoms with E-state index in [4.69, 9.17) is 11.6 Å². The molecule has 0 aliphatic heterocycles. The van der Waals surface area contributed by atoms with Crippen molar-refractivity contribution >= 4 is 29.1 Å². The minimum absolute atomic E-state index is 0.192. The zero-order valence-corrected chi connectivity index (χ0v) is 9.73. The van der Waals surface area contributed by atoms with Crippen molar-refractivity contribution in [2.24, 2.45) is 0 Å². The zero-order chi connectivity index (χ0) is 11.6. The average Bonchev–Trinajstić information content (AvgIpc) is 2.12. The molecule has 0 aliphatic carbocycles. The van der Waals surface area contributed by atoms with Gasteiger partial charge in [-0.3, -0.25) is 10.1 Å². The molecule has 1 aromatic rings. The summed E-state index contributed by atoms with van der Waals surface area (Å²) in [7, 11) is 0. The fourth-order valence-corrected chi connectivity index (χ4v) is 2.16. The van der Waals surface area contributed by atoms with Crippen molar-refractivity contribution in [2.75, 3.05) is 0 Å². The van der Waals surface area contributed by atoms with Crippen LogP contribution in [-0.2, 0) is 0 Å². The van der Waals surface area contributed by atoms with E-state index >= 15 is 0 Å². The molecule has 15 heavy (non-hydrogen) atoms. The molecule has 0 saturated heterocycles. The monoisotopic (exact) mass is 249 g/mol. The van der Waals surface area contributed by atoms with Crippen LogP contribution in [0.2, 0.25) is 5.02 Å². The summed E-state index contributed by atoms with van der Waals surface area (Å²) < 4.78 is 13.5. The molecule has 0 saturated carbocycles. The van der Waals surface area contributed by atoms with Crippen LogP contribution < -0.4 is 0 Å². The van der Waals surface area contributed by atoms with Crippen LogP contribution in [-0.4, -0.2) is 10.2 Å². The van der Waals surface area contributed by atoms with Crippen molar-refractivity contribution in [3.05, 3.63) is 33.1 Å². The number of nitro benzene ring substituents is 1. The first-order valence-electron chi connectivity index (χ1n) is 4.22. The highest BCUT2D eigenvalue weighted by Gasteiger charge is 2.19. The van der Waals surface area contributed by atoms with Gasteiger partial charge in [-0.2, -0.15) is 0 Å². The molecule has 6 heteroatoms. The van der Waals surface area contributed by atoms with E-state index in [1.54, 1.807) is 0 Å². The van der Waals surface area contributed by atoms with E-state index in [9.17, 15) is 14.5 Å². The standard InChI is InChI=1S/C9H9ClFNO2S/c1-5(2)15-7-4-3-6(12(13)14)8(10)9(7)11/h3-5H,1-2H3. The number of benzene rings is 1. The Morgan fingerprint density at radius 2 is 2.13 bits per heavy atom. The van der Waals surface area contributed by atoms with E-state index in [1.807, 2.05) is 13.8 Å². The molecule has 1 aromatic carbocycles. The third kappa shape index (κ3) is 2.82. The Labute approximate surface area is 95.8 Å². The number of nitro groups is 1. The van der Waals surface area contributed by atoms with Crippen LogP contribution in [0.25, 0.3) is 0 Å². The zero-order valence-electron chi connectivity index (χ0n) is 8.16. The molecular formula is C9H9ClFNO2S. The Hall–Kier alpha value is -0.810. The van der Waals surface area contributed by atoms with E-state index in [2.05, 4.69) is 0 Å². The maximum absolute atomic E-state index is 13.5. The molecule has 0 spiro atoms. The molecule has 0 atom stereocenters. The Kier molecular flexibility index (Phi) is 3.93. The lowest BCUT2D eigenvalue weighted by Crippen LogP contribution is -1.95. The third-order valence-corrected chi connectivity index (χ3v) is 2.99. The SMILES string of the molecule is CC(C)Sc1ccc([N+](=O)[O-])c(Cl)c1F. The van der Waals surface area contributed by atoms with Crippen molar-refractivity contribution in [2.45, 2.75) is 24.0 Å². The maximum atomic E-state index is 13.5. The summed E-state index contributed by atoms with van der Waals surface area (Å²) in [6.07, 6.45) is 0. The highest BCUT2D eigenvalue weighted by Crippen LogP contribution is 2.35. The Balaban J connectivity index is 3.15. The summed E-state index contributed by atoms with van der Waals surface area (Å²) in [6.45, 7) is 3.80. The second-order valence-corrected chi connectivity index (χ2v) is 5.13. The quantitative estimate of drug-likeness (QED) is 0.464. The van der Waals surface area contributed by atoms with Crippen LogP contribution in [0.15, 0.2) is 17.0 Å². The normalized spacial score (nSPS) is 10.7. The molecule has 3 nitrogen and oxygen atoms in total. The summed E-state index contributed by atoms with van der Waals surface area (Å²) in [5.41, 5.74) is -0.401. The first-order chi connectivity index (χ1) is 6.93. The maximum Gasteiger partial charge on any atom is 0.290 e. The Bertz CT molecular complexity index is 398. The van der Waals surface area contributed by atoms with Crippen molar-refractivity contribution in [3.63, 3.8) is 0 Å². The predicted molar refractivity (Wildman–Crippen MR) is 59.1 cm³/mol. The minimum Gasteiger partial charge on any atom is -0.258 e. The summed E-state index contributed by atoms with van der Waals surface area (Å²) in [5.74, 6) is -0.718. The highest BCUT2D eigenvalue weighted by molar-refractivity contribution is 7.99. The molecular weight excluding hydrogens is 241 g/mol. The van der Waals surface area contributed by atoms with Gasteiger partial charge in [-0.05, 0) is 6.07 Å². The number of hydrogen-bond acceptors (Lipinski definition) is 3. The number of thioether (sulfide) groups is 1. The topological polar surface area (TPSA) is 43.1 Å². The number of hydrogen-bond donors (Lipinski definition) is 0. The summed E-state index contributed by atoms with van der Waals surface area (Å²) in [6, 6.07) is 2.60. The van der Waals surface area contributed by atoms with Gasteiger partial charge in [0.1, 0.15) is 0 Å². The minimum atomic E-state index is -0.718. The van der Waals surface area contributed by atoms with E-state index in [-0.39, 0.29) is 5.25 Å². The van der Waals surface area contributed by atoms with Gasteiger partial charge in [0.25, 0.3) is 5.69 Å². The van der Waals surface area contributed by atoms with E-state index in [0.717, 1.165) is 0 Å². The molecule has 0 radical (unpaired) electrons. The first-order valence-corrected chi connectivity index (χ1v) is 5.48. The molecule has 82 valence electrons. The molecule has 0 fully saturated rings. The molecule has 0 N–H and O–H groups in total. The van der Waals surface area contributed by atoms with Crippen LogP contribution in [0.4, 0.5) is 10.1 Å². The summed E-state index contributed by atoms with van der Waals surface area (Å²) >= 11 is 6.82. The van der Waals surface area contributed by atoms with Crippen molar-refractivity contribution in [1.82, 2.24) is 0 Å². The summed E-state index contributed by atoms with van der Waals surface area (Å²) in [5, 5.41) is 10.2. The van der Waals surface area contributed by atoms with Crippen molar-refractivity contribution in [1.29, 1.82) is 0 Å². The van der Waals surface area contributed by atoms with Gasteiger partial charge >= 0.3 is 0 Å². The number of nitrogens with zero attached hydrogens (tertiary/aromatic N) is 1. The second kappa shape index (κ2) is 4.81. The van der Waals surface area contributed by atoms with E-state index < -0.39 is 21.5 Å². The van der Waals surface area contributed by atoms with Crippen molar-refractivity contribution < 1.29 is 9.31 Å². The molecule has 0 aromatic heterocycles. The van der Waals surface area contributed by atoms with Crippen LogP contribution in [0.3, 0.4) is 0 Å². The molecule has 0 bridgehead atoms. The first kappa shape index (κ1) is 12.3. The van der Waals surface area contributed by atoms with Gasteiger partial charge in [-0.1, -0.05) is 25.4 Å². The lowest BCUT2D eigenvalue weighted by atomic mass is 10.3. The third-order valence-electron chi connectivity index (χ3n) is 1.59. The highest BCUT2D eigenvalue weighted by atomic mass is 35.5. The largest absolute Gasteiger partial charge is 0.290 e. The van der Waals surface area contributed by atoms with Gasteiger partial charge in [-0.25, -0.2) is 4.39 Å². The van der Waals surface area contributed by atoms with Crippen LogP contribution in [0, 0.1) is 15.9 Å². The summed E-state index contributed by atoms with van der Waals surface area (Å²) in [4.78, 5) is 10.1. The average molecular weight is 250 g/mol. The van der Waals surface area contributed by atoms with Gasteiger partial charge in [0.2, 0.25) is 0 Å². The molecule has 1 rings (SSSR count). The lowest BCUT2D eigenvalue weighted by molar-refractivity contribution is -0.384. The van der Waals surface area contributed by atoms with Crippen LogP contribution in [0.1, 0.15) is 13.8 Å². The lowest BCUT2D eigenvalue weighted by Gasteiger charge is -2.06. The van der Waals surface area contributed by atoms with Gasteiger partial charge in [-0.15, -0.1) is 11.8 Å². The van der Waals surface area contributed by atoms with Gasteiger partial charge in [0, 0.05) is 16.2 Å². The Morgan fingerprint density at radius 3 is 2.60 bits per heavy atom. The molecule has 0 aliphatic rings. The molecule has 0 heterocycles. The fraction of sp³-hybridized carbons (Fsp3) is 0.333. The van der Waals surface area contributed by atoms with Gasteiger partial charge < -0.3 is 0 Å². The van der Waals surface area contributed by atoms with Gasteiger partial charge in [0.05, 0.1) is 4.92 Å². The van der Waals surface area contributed by atoms with Crippen molar-refractivity contribution in [3.8, 4) is 0 Å². The van der Waals surface area contributed by atoms with Crippen LogP contribution in [0.5, 0.6) is 0 Å². The predicted octanol–water partition coefficient (Wildman–Crippen LogP) is 3.89. The van der Waals surface area contributed by atoms with E-state index in [0.29, 0.717) is 4.90 Å². The smallest absolute Gasteiger partial charge is 0.258 e. The van der Waals surface area contributed by atoms with E-state index in [1.165, 1.54) is 23.9 Å². The van der Waals surface area contributed by atoms with Crippen LogP contribution >= 0.6 is 23.4 Å². The molecule has 0 unspecified atom stereocenters. The number of rotatable bonds is 3. The van der Waals surface area contributed by atoms with Gasteiger partial charge in [0.15, 0.2) is 10.8 Å². The Morgan fingerprint density at radius 1 is 1.53 bits per heavy atom.